The van der Waals surface area contributed by atoms with E-state index in [1.165, 1.54) is 24.3 Å². The molecule has 1 aliphatic heterocycles. The first-order chi connectivity index (χ1) is 11.3. The highest BCUT2D eigenvalue weighted by Gasteiger charge is 2.31. The van der Waals surface area contributed by atoms with E-state index >= 15 is 0 Å². The first-order valence-electron chi connectivity index (χ1n) is 7.91. The number of nitrogens with one attached hydrogen (secondary N) is 1. The van der Waals surface area contributed by atoms with Gasteiger partial charge >= 0.3 is 6.36 Å². The molecular formula is C16H22F3N3O2. The van der Waals surface area contributed by atoms with Crippen LogP contribution < -0.4 is 10.1 Å². The van der Waals surface area contributed by atoms with Crippen LogP contribution >= 0.6 is 0 Å². The second-order valence-electron chi connectivity index (χ2n) is 5.71. The van der Waals surface area contributed by atoms with E-state index in [2.05, 4.69) is 26.8 Å². The van der Waals surface area contributed by atoms with Crippen molar-refractivity contribution in [2.24, 2.45) is 0 Å². The average molecular weight is 345 g/mol. The Morgan fingerprint density at radius 3 is 2.29 bits per heavy atom. The molecule has 1 saturated heterocycles. The van der Waals surface area contributed by atoms with E-state index in [4.69, 9.17) is 0 Å². The largest absolute Gasteiger partial charge is 0.573 e. The maximum Gasteiger partial charge on any atom is 0.573 e. The van der Waals surface area contributed by atoms with Crippen molar-refractivity contribution < 1.29 is 22.7 Å². The molecule has 0 aromatic heterocycles. The van der Waals surface area contributed by atoms with Crippen LogP contribution in [0.5, 0.6) is 5.75 Å². The maximum absolute atomic E-state index is 12.3. The maximum atomic E-state index is 12.3. The summed E-state index contributed by atoms with van der Waals surface area (Å²) in [5, 5.41) is 2.72. The molecule has 0 bridgehead atoms. The number of piperazine rings is 1. The second-order valence-corrected chi connectivity index (χ2v) is 5.71. The lowest BCUT2D eigenvalue weighted by atomic mass is 10.2. The van der Waals surface area contributed by atoms with Gasteiger partial charge in [-0.05, 0) is 37.7 Å². The predicted molar refractivity (Wildman–Crippen MR) is 84.9 cm³/mol. The summed E-state index contributed by atoms with van der Waals surface area (Å²) in [5.41, 5.74) is 0.438. The molecule has 1 aromatic rings. The van der Waals surface area contributed by atoms with Crippen LogP contribution in [-0.2, 0) is 4.79 Å². The number of hydrogen-bond donors (Lipinski definition) is 1. The van der Waals surface area contributed by atoms with Gasteiger partial charge in [-0.3, -0.25) is 9.69 Å². The zero-order chi connectivity index (χ0) is 17.7. The van der Waals surface area contributed by atoms with Crippen molar-refractivity contribution in [1.29, 1.82) is 0 Å². The van der Waals surface area contributed by atoms with Gasteiger partial charge in [0.15, 0.2) is 0 Å². The van der Waals surface area contributed by atoms with Gasteiger partial charge in [-0.25, -0.2) is 0 Å². The fourth-order valence-electron chi connectivity index (χ4n) is 2.62. The topological polar surface area (TPSA) is 44.8 Å². The minimum atomic E-state index is -4.72. The van der Waals surface area contributed by atoms with Gasteiger partial charge in [0, 0.05) is 31.9 Å². The Kier molecular flexibility index (Phi) is 6.06. The summed E-state index contributed by atoms with van der Waals surface area (Å²) in [6, 6.07) is 4.83. The van der Waals surface area contributed by atoms with Gasteiger partial charge in [0.1, 0.15) is 5.75 Å². The van der Waals surface area contributed by atoms with Crippen molar-refractivity contribution in [1.82, 2.24) is 9.80 Å². The number of nitrogens with zero attached hydrogens (tertiary/aromatic N) is 2. The molecule has 1 aromatic carbocycles. The van der Waals surface area contributed by atoms with Gasteiger partial charge in [0.05, 0.1) is 6.04 Å². The predicted octanol–water partition coefficient (Wildman–Crippen LogP) is 2.55. The van der Waals surface area contributed by atoms with E-state index in [-0.39, 0.29) is 17.7 Å². The number of carbonyl (C=O) groups excluding carboxylic acids is 1. The van der Waals surface area contributed by atoms with E-state index in [0.29, 0.717) is 5.69 Å². The zero-order valence-electron chi connectivity index (χ0n) is 13.8. The lowest BCUT2D eigenvalue weighted by Crippen LogP contribution is -2.52. The Balaban J connectivity index is 1.87. The van der Waals surface area contributed by atoms with Crippen LogP contribution in [-0.4, -0.2) is 60.8 Å². The lowest BCUT2D eigenvalue weighted by molar-refractivity contribution is -0.274. The van der Waals surface area contributed by atoms with Crippen LogP contribution in [0.1, 0.15) is 13.8 Å². The van der Waals surface area contributed by atoms with E-state index < -0.39 is 6.36 Å². The summed E-state index contributed by atoms with van der Waals surface area (Å²) >= 11 is 0. The molecule has 0 unspecified atom stereocenters. The first-order valence-corrected chi connectivity index (χ1v) is 7.91. The molecule has 24 heavy (non-hydrogen) atoms. The Bertz CT molecular complexity index is 540. The van der Waals surface area contributed by atoms with Gasteiger partial charge in [0.25, 0.3) is 0 Å². The molecule has 8 heteroatoms. The number of alkyl halides is 3. The molecule has 1 N–H and O–H groups in total. The summed E-state index contributed by atoms with van der Waals surface area (Å²) in [6.07, 6.45) is -4.72. The fourth-order valence-corrected chi connectivity index (χ4v) is 2.62. The molecule has 134 valence electrons. The summed E-state index contributed by atoms with van der Waals surface area (Å²) in [6.45, 7) is 8.44. The molecule has 0 aliphatic carbocycles. The standard InChI is InChI=1S/C16H22F3N3O2/c1-3-21-8-10-22(11-9-21)12(2)15(23)20-13-4-6-14(7-5-13)24-16(17,18)19/h4-7,12H,3,8-11H2,1-2H3,(H,20,23)/t12-/m0/s1. The van der Waals surface area contributed by atoms with Crippen molar-refractivity contribution in [2.45, 2.75) is 26.3 Å². The van der Waals surface area contributed by atoms with Crippen LogP contribution in [0.25, 0.3) is 0 Å². The van der Waals surface area contributed by atoms with Crippen molar-refractivity contribution >= 4 is 11.6 Å². The number of likely N-dealkylation sites (N-methyl/N-ethyl adjacent to an activating group) is 1. The van der Waals surface area contributed by atoms with E-state index in [1.54, 1.807) is 0 Å². The number of benzene rings is 1. The zero-order valence-corrected chi connectivity index (χ0v) is 13.8. The van der Waals surface area contributed by atoms with E-state index in [9.17, 15) is 18.0 Å². The lowest BCUT2D eigenvalue weighted by Gasteiger charge is -2.36. The van der Waals surface area contributed by atoms with Crippen LogP contribution in [0.2, 0.25) is 0 Å². The average Bonchev–Trinajstić information content (AvgIpc) is 2.54. The quantitative estimate of drug-likeness (QED) is 0.891. The van der Waals surface area contributed by atoms with Crippen molar-refractivity contribution in [2.75, 3.05) is 38.0 Å². The van der Waals surface area contributed by atoms with Crippen molar-refractivity contribution in [3.05, 3.63) is 24.3 Å². The van der Waals surface area contributed by atoms with Gasteiger partial charge < -0.3 is 15.0 Å². The Hall–Kier alpha value is -1.80. The number of anilines is 1. The second kappa shape index (κ2) is 7.85. The highest BCUT2D eigenvalue weighted by atomic mass is 19.4. The Morgan fingerprint density at radius 1 is 1.21 bits per heavy atom. The third-order valence-electron chi connectivity index (χ3n) is 4.14. The third kappa shape index (κ3) is 5.38. The van der Waals surface area contributed by atoms with Gasteiger partial charge in [-0.15, -0.1) is 13.2 Å². The number of amides is 1. The highest BCUT2D eigenvalue weighted by Crippen LogP contribution is 2.24. The third-order valence-corrected chi connectivity index (χ3v) is 4.14. The molecule has 0 spiro atoms. The number of carbonyl (C=O) groups is 1. The minimum absolute atomic E-state index is 0.176. The number of hydrogen-bond acceptors (Lipinski definition) is 4. The summed E-state index contributed by atoms with van der Waals surface area (Å²) in [5.74, 6) is -0.492. The van der Waals surface area contributed by atoms with Crippen molar-refractivity contribution in [3.8, 4) is 5.75 Å². The van der Waals surface area contributed by atoms with Crippen molar-refractivity contribution in [3.63, 3.8) is 0 Å². The number of rotatable bonds is 5. The van der Waals surface area contributed by atoms with Gasteiger partial charge in [-0.1, -0.05) is 6.92 Å². The van der Waals surface area contributed by atoms with Crippen LogP contribution in [0.3, 0.4) is 0 Å². The molecular weight excluding hydrogens is 323 g/mol. The van der Waals surface area contributed by atoms with E-state index in [0.717, 1.165) is 32.7 Å². The number of ether oxygens (including phenoxy) is 1. The molecule has 0 radical (unpaired) electrons. The summed E-state index contributed by atoms with van der Waals surface area (Å²) in [7, 11) is 0. The first kappa shape index (κ1) is 18.5. The molecule has 1 heterocycles. The minimum Gasteiger partial charge on any atom is -0.406 e. The van der Waals surface area contributed by atoms with Gasteiger partial charge in [0.2, 0.25) is 5.91 Å². The Labute approximate surface area is 139 Å². The summed E-state index contributed by atoms with van der Waals surface area (Å²) in [4.78, 5) is 16.7. The van der Waals surface area contributed by atoms with Crippen LogP contribution in [0, 0.1) is 0 Å². The molecule has 0 saturated carbocycles. The molecule has 1 amide bonds. The SMILES string of the molecule is CCN1CCN([C@@H](C)C(=O)Nc2ccc(OC(F)(F)F)cc2)CC1. The normalized spacial score (nSPS) is 18.2. The molecule has 2 rings (SSSR count). The monoisotopic (exact) mass is 345 g/mol. The fraction of sp³-hybridized carbons (Fsp3) is 0.562. The van der Waals surface area contributed by atoms with E-state index in [1.807, 2.05) is 6.92 Å². The molecule has 5 nitrogen and oxygen atoms in total. The molecule has 1 fully saturated rings. The summed E-state index contributed by atoms with van der Waals surface area (Å²) < 4.78 is 40.1. The Morgan fingerprint density at radius 2 is 1.79 bits per heavy atom. The molecule has 1 atom stereocenters. The smallest absolute Gasteiger partial charge is 0.406 e. The highest BCUT2D eigenvalue weighted by molar-refractivity contribution is 5.94. The van der Waals surface area contributed by atoms with Gasteiger partial charge in [-0.2, -0.15) is 0 Å². The molecule has 1 aliphatic rings. The van der Waals surface area contributed by atoms with Crippen LogP contribution in [0.4, 0.5) is 18.9 Å². The number of halogens is 3. The van der Waals surface area contributed by atoms with Crippen LogP contribution in [0.15, 0.2) is 24.3 Å².